The van der Waals surface area contributed by atoms with Crippen LogP contribution >= 0.6 is 0 Å². The molecule has 0 bridgehead atoms. The molecule has 3 rings (SSSR count). The van der Waals surface area contributed by atoms with E-state index in [1.165, 1.54) is 36.5 Å². The van der Waals surface area contributed by atoms with E-state index in [4.69, 9.17) is 0 Å². The number of rotatable bonds is 5. The van der Waals surface area contributed by atoms with Crippen molar-refractivity contribution in [3.05, 3.63) is 66.1 Å². The highest BCUT2D eigenvalue weighted by atomic mass is 32.2. The maximum Gasteiger partial charge on any atom is 0.238 e. The van der Waals surface area contributed by atoms with Crippen LogP contribution in [0.3, 0.4) is 0 Å². The molecule has 2 aromatic heterocycles. The van der Waals surface area contributed by atoms with E-state index in [-0.39, 0.29) is 22.2 Å². The summed E-state index contributed by atoms with van der Waals surface area (Å²) in [6, 6.07) is 8.77. The van der Waals surface area contributed by atoms with Crippen LogP contribution in [0.2, 0.25) is 0 Å². The zero-order chi connectivity index (χ0) is 18.0. The Kier molecular flexibility index (Phi) is 4.60. The first-order valence-corrected chi connectivity index (χ1v) is 8.77. The summed E-state index contributed by atoms with van der Waals surface area (Å²) < 4.78 is 54.3. The topological polar surface area (TPSA) is 76.9 Å². The van der Waals surface area contributed by atoms with Gasteiger partial charge in [-0.3, -0.25) is 0 Å². The Hall–Kier alpha value is -2.65. The summed E-state index contributed by atoms with van der Waals surface area (Å²) in [5.74, 6) is -1.55. The number of halogens is 2. The minimum Gasteiger partial charge on any atom is -0.314 e. The number of nitrogens with one attached hydrogen (secondary N) is 1. The van der Waals surface area contributed by atoms with Crippen LogP contribution in [-0.4, -0.2) is 30.2 Å². The lowest BCUT2D eigenvalue weighted by atomic mass is 10.4. The molecule has 1 N–H and O–H groups in total. The van der Waals surface area contributed by atoms with Gasteiger partial charge in [-0.2, -0.15) is 9.49 Å². The van der Waals surface area contributed by atoms with Gasteiger partial charge in [-0.15, -0.1) is 0 Å². The van der Waals surface area contributed by atoms with Gasteiger partial charge in [0.05, 0.1) is 10.6 Å². The molecule has 0 saturated carbocycles. The van der Waals surface area contributed by atoms with Gasteiger partial charge in [0, 0.05) is 18.8 Å². The lowest BCUT2D eigenvalue weighted by Crippen LogP contribution is -2.12. The van der Waals surface area contributed by atoms with Crippen LogP contribution in [0.25, 0.3) is 5.69 Å². The van der Waals surface area contributed by atoms with Crippen molar-refractivity contribution in [2.75, 3.05) is 7.05 Å². The molecule has 0 aliphatic heterocycles. The van der Waals surface area contributed by atoms with Crippen LogP contribution in [0.5, 0.6) is 0 Å². The van der Waals surface area contributed by atoms with E-state index in [0.717, 1.165) is 16.8 Å². The summed E-state index contributed by atoms with van der Waals surface area (Å²) in [5, 5.41) is 6.73. The molecule has 9 heteroatoms. The van der Waals surface area contributed by atoms with Crippen molar-refractivity contribution in [2.45, 2.75) is 16.5 Å². The zero-order valence-electron chi connectivity index (χ0n) is 13.1. The summed E-state index contributed by atoms with van der Waals surface area (Å²) in [4.78, 5) is 3.28. The number of nitrogens with zero attached hydrogens (tertiary/aromatic N) is 3. The van der Waals surface area contributed by atoms with Gasteiger partial charge in [0.15, 0.2) is 5.03 Å². The molecule has 0 atom stereocenters. The molecule has 0 fully saturated rings. The number of benzene rings is 1. The minimum atomic E-state index is -4.12. The van der Waals surface area contributed by atoms with Crippen molar-refractivity contribution in [3.8, 4) is 5.69 Å². The maximum absolute atomic E-state index is 14.1. The Bertz CT molecular complexity index is 1020. The second kappa shape index (κ2) is 6.69. The first-order valence-electron chi connectivity index (χ1n) is 7.28. The molecular formula is C16H14F2N4O2S. The van der Waals surface area contributed by atoms with E-state index in [1.54, 1.807) is 7.05 Å². The fraction of sp³-hybridized carbons (Fsp3) is 0.125. The summed E-state index contributed by atoms with van der Waals surface area (Å²) in [6.45, 7) is 0.278. The van der Waals surface area contributed by atoms with Gasteiger partial charge in [-0.05, 0) is 37.4 Å². The molecule has 25 heavy (non-hydrogen) atoms. The van der Waals surface area contributed by atoms with Crippen LogP contribution in [0.4, 0.5) is 8.78 Å². The third-order valence-corrected chi connectivity index (χ3v) is 5.15. The normalized spacial score (nSPS) is 11.6. The third-order valence-electron chi connectivity index (χ3n) is 3.43. The SMILES string of the molecule is CNCc1cc(S(=O)(=O)c2cccc(F)c2)n(-c2cccnc2F)n1. The van der Waals surface area contributed by atoms with Crippen molar-refractivity contribution >= 4 is 9.84 Å². The van der Waals surface area contributed by atoms with E-state index >= 15 is 0 Å². The Labute approximate surface area is 143 Å². The highest BCUT2D eigenvalue weighted by molar-refractivity contribution is 7.91. The summed E-state index contributed by atoms with van der Waals surface area (Å²) in [6.07, 6.45) is 1.25. The molecule has 0 spiro atoms. The zero-order valence-corrected chi connectivity index (χ0v) is 14.0. The molecule has 3 aromatic rings. The molecule has 0 saturated heterocycles. The molecule has 0 amide bonds. The molecule has 0 aliphatic carbocycles. The number of sulfone groups is 1. The van der Waals surface area contributed by atoms with Crippen LogP contribution in [0, 0.1) is 11.8 Å². The number of hydrogen-bond donors (Lipinski definition) is 1. The van der Waals surface area contributed by atoms with E-state index in [2.05, 4.69) is 15.4 Å². The molecule has 6 nitrogen and oxygen atoms in total. The van der Waals surface area contributed by atoms with Gasteiger partial charge in [0.25, 0.3) is 0 Å². The smallest absolute Gasteiger partial charge is 0.238 e. The standard InChI is InChI=1S/C16H14F2N4O2S/c1-19-10-12-9-15(22(21-12)14-6-3-7-20-16(14)18)25(23,24)13-5-2-4-11(17)8-13/h2-9,19H,10H2,1H3. The highest BCUT2D eigenvalue weighted by Gasteiger charge is 2.26. The molecule has 1 aromatic carbocycles. The molecule has 2 heterocycles. The molecule has 130 valence electrons. The number of hydrogen-bond acceptors (Lipinski definition) is 5. The van der Waals surface area contributed by atoms with E-state index in [1.807, 2.05) is 0 Å². The molecular weight excluding hydrogens is 350 g/mol. The van der Waals surface area contributed by atoms with Gasteiger partial charge in [0.2, 0.25) is 15.8 Å². The monoisotopic (exact) mass is 364 g/mol. The second-order valence-electron chi connectivity index (χ2n) is 5.19. The van der Waals surface area contributed by atoms with E-state index < -0.39 is 21.6 Å². The lowest BCUT2D eigenvalue weighted by Gasteiger charge is -2.09. The molecule has 0 aliphatic rings. The average molecular weight is 364 g/mol. The Morgan fingerprint density at radius 2 is 1.96 bits per heavy atom. The predicted molar refractivity (Wildman–Crippen MR) is 85.9 cm³/mol. The van der Waals surface area contributed by atoms with Crippen molar-refractivity contribution in [3.63, 3.8) is 0 Å². The maximum atomic E-state index is 14.1. The van der Waals surface area contributed by atoms with Gasteiger partial charge in [-0.1, -0.05) is 6.07 Å². The van der Waals surface area contributed by atoms with Crippen molar-refractivity contribution in [2.24, 2.45) is 0 Å². The largest absolute Gasteiger partial charge is 0.314 e. The van der Waals surface area contributed by atoms with E-state index in [0.29, 0.717) is 5.69 Å². The second-order valence-corrected chi connectivity index (χ2v) is 7.09. The lowest BCUT2D eigenvalue weighted by molar-refractivity contribution is 0.553. The van der Waals surface area contributed by atoms with Gasteiger partial charge in [-0.25, -0.2) is 22.5 Å². The Balaban J connectivity index is 2.23. The minimum absolute atomic E-state index is 0.111. The number of aromatic nitrogens is 3. The average Bonchev–Trinajstić information content (AvgIpc) is 3.00. The van der Waals surface area contributed by atoms with Crippen molar-refractivity contribution < 1.29 is 17.2 Å². The summed E-state index contributed by atoms with van der Waals surface area (Å²) in [7, 11) is -2.45. The quantitative estimate of drug-likeness (QED) is 0.702. The highest BCUT2D eigenvalue weighted by Crippen LogP contribution is 2.25. The van der Waals surface area contributed by atoms with Crippen molar-refractivity contribution in [1.82, 2.24) is 20.1 Å². The predicted octanol–water partition coefficient (Wildman–Crippen LogP) is 2.10. The molecule has 0 unspecified atom stereocenters. The summed E-state index contributed by atoms with van der Waals surface area (Å²) in [5.41, 5.74) is 0.278. The van der Waals surface area contributed by atoms with Crippen LogP contribution in [0.15, 0.2) is 58.6 Å². The van der Waals surface area contributed by atoms with Crippen LogP contribution in [-0.2, 0) is 16.4 Å². The first-order chi connectivity index (χ1) is 11.9. The van der Waals surface area contributed by atoms with Gasteiger partial charge in [0.1, 0.15) is 11.5 Å². The summed E-state index contributed by atoms with van der Waals surface area (Å²) >= 11 is 0. The third kappa shape index (κ3) is 3.28. The Morgan fingerprint density at radius 3 is 2.64 bits per heavy atom. The van der Waals surface area contributed by atoms with E-state index in [9.17, 15) is 17.2 Å². The fourth-order valence-corrected chi connectivity index (χ4v) is 3.76. The van der Waals surface area contributed by atoms with Gasteiger partial charge >= 0.3 is 0 Å². The molecule has 0 radical (unpaired) electrons. The van der Waals surface area contributed by atoms with Crippen molar-refractivity contribution in [1.29, 1.82) is 0 Å². The first kappa shape index (κ1) is 17.2. The fourth-order valence-electron chi connectivity index (χ4n) is 2.33. The van der Waals surface area contributed by atoms with Crippen LogP contribution < -0.4 is 5.32 Å². The van der Waals surface area contributed by atoms with Gasteiger partial charge < -0.3 is 5.32 Å². The van der Waals surface area contributed by atoms with Crippen LogP contribution in [0.1, 0.15) is 5.69 Å². The number of pyridine rings is 1. The Morgan fingerprint density at radius 1 is 1.16 bits per heavy atom.